The SMILES string of the molecule is Oc1ccc(-c2nc(-c3ccccc3F)no2)cc1Cl. The van der Waals surface area contributed by atoms with Crippen molar-refractivity contribution in [3.8, 4) is 28.6 Å². The molecule has 0 spiro atoms. The molecule has 0 atom stereocenters. The summed E-state index contributed by atoms with van der Waals surface area (Å²) < 4.78 is 18.7. The molecule has 0 saturated carbocycles. The summed E-state index contributed by atoms with van der Waals surface area (Å²) in [5.41, 5.74) is 0.801. The summed E-state index contributed by atoms with van der Waals surface area (Å²) in [6.07, 6.45) is 0. The van der Waals surface area contributed by atoms with Gasteiger partial charge in [0.05, 0.1) is 10.6 Å². The zero-order valence-electron chi connectivity index (χ0n) is 10.0. The third-order valence-corrected chi connectivity index (χ3v) is 3.04. The maximum Gasteiger partial charge on any atom is 0.258 e. The fourth-order valence-corrected chi connectivity index (χ4v) is 1.91. The number of benzene rings is 2. The molecule has 6 heteroatoms. The van der Waals surface area contributed by atoms with Crippen molar-refractivity contribution in [2.45, 2.75) is 0 Å². The second kappa shape index (κ2) is 4.94. The first-order chi connectivity index (χ1) is 9.65. The fourth-order valence-electron chi connectivity index (χ4n) is 1.73. The van der Waals surface area contributed by atoms with Gasteiger partial charge in [0, 0.05) is 5.56 Å². The van der Waals surface area contributed by atoms with E-state index in [0.717, 1.165) is 0 Å². The molecule has 3 rings (SSSR count). The number of aromatic hydroxyl groups is 1. The van der Waals surface area contributed by atoms with Gasteiger partial charge in [-0.15, -0.1) is 0 Å². The molecule has 0 bridgehead atoms. The topological polar surface area (TPSA) is 59.2 Å². The van der Waals surface area contributed by atoms with Gasteiger partial charge < -0.3 is 9.63 Å². The Balaban J connectivity index is 2.02. The van der Waals surface area contributed by atoms with Gasteiger partial charge in [-0.2, -0.15) is 4.98 Å². The van der Waals surface area contributed by atoms with Gasteiger partial charge >= 0.3 is 0 Å². The van der Waals surface area contributed by atoms with Gasteiger partial charge in [0.25, 0.3) is 5.89 Å². The Labute approximate surface area is 118 Å². The van der Waals surface area contributed by atoms with Gasteiger partial charge in [0.1, 0.15) is 11.6 Å². The summed E-state index contributed by atoms with van der Waals surface area (Å²) in [5, 5.41) is 13.3. The van der Waals surface area contributed by atoms with E-state index in [1.165, 1.54) is 18.2 Å². The lowest BCUT2D eigenvalue weighted by Crippen LogP contribution is -1.85. The zero-order chi connectivity index (χ0) is 14.1. The van der Waals surface area contributed by atoms with Crippen LogP contribution in [-0.2, 0) is 0 Å². The normalized spacial score (nSPS) is 10.7. The van der Waals surface area contributed by atoms with Crippen molar-refractivity contribution < 1.29 is 14.0 Å². The average Bonchev–Trinajstić information content (AvgIpc) is 2.92. The van der Waals surface area contributed by atoms with Gasteiger partial charge in [0.2, 0.25) is 5.82 Å². The quantitative estimate of drug-likeness (QED) is 0.777. The molecule has 2 aromatic carbocycles. The number of hydrogen-bond donors (Lipinski definition) is 1. The standard InChI is InChI=1S/C14H8ClFN2O2/c15-10-7-8(5-6-12(10)19)14-17-13(18-20-14)9-3-1-2-4-11(9)16/h1-7,19H. The van der Waals surface area contributed by atoms with E-state index in [-0.39, 0.29) is 28.1 Å². The Morgan fingerprint density at radius 3 is 2.70 bits per heavy atom. The van der Waals surface area contributed by atoms with Crippen LogP contribution in [0.15, 0.2) is 47.0 Å². The van der Waals surface area contributed by atoms with Gasteiger partial charge in [-0.3, -0.25) is 0 Å². The summed E-state index contributed by atoms with van der Waals surface area (Å²) in [4.78, 5) is 4.12. The lowest BCUT2D eigenvalue weighted by atomic mass is 10.2. The summed E-state index contributed by atoms with van der Waals surface area (Å²) in [6.45, 7) is 0. The highest BCUT2D eigenvalue weighted by molar-refractivity contribution is 6.32. The second-order valence-corrected chi connectivity index (χ2v) is 4.48. The van der Waals surface area contributed by atoms with Crippen molar-refractivity contribution in [2.75, 3.05) is 0 Å². The van der Waals surface area contributed by atoms with Gasteiger partial charge in [-0.25, -0.2) is 4.39 Å². The molecule has 20 heavy (non-hydrogen) atoms. The molecule has 0 saturated heterocycles. The first kappa shape index (κ1) is 12.6. The first-order valence-electron chi connectivity index (χ1n) is 5.72. The highest BCUT2D eigenvalue weighted by atomic mass is 35.5. The molecule has 0 aliphatic rings. The molecule has 0 fully saturated rings. The van der Waals surface area contributed by atoms with E-state index in [0.29, 0.717) is 5.56 Å². The molecule has 4 nitrogen and oxygen atoms in total. The van der Waals surface area contributed by atoms with E-state index in [1.807, 2.05) is 0 Å². The van der Waals surface area contributed by atoms with Gasteiger partial charge in [-0.05, 0) is 30.3 Å². The monoisotopic (exact) mass is 290 g/mol. The van der Waals surface area contributed by atoms with E-state index < -0.39 is 5.82 Å². The molecule has 0 aliphatic carbocycles. The summed E-state index contributed by atoms with van der Waals surface area (Å²) in [5.74, 6) is -0.111. The van der Waals surface area contributed by atoms with E-state index in [4.69, 9.17) is 16.1 Å². The molecule has 1 heterocycles. The minimum atomic E-state index is -0.427. The van der Waals surface area contributed by atoms with Crippen LogP contribution in [0.25, 0.3) is 22.8 Å². The summed E-state index contributed by atoms with van der Waals surface area (Å²) in [6, 6.07) is 10.7. The molecule has 1 N–H and O–H groups in total. The Morgan fingerprint density at radius 1 is 1.15 bits per heavy atom. The van der Waals surface area contributed by atoms with E-state index in [1.54, 1.807) is 24.3 Å². The van der Waals surface area contributed by atoms with E-state index in [9.17, 15) is 9.50 Å². The Hall–Kier alpha value is -2.40. The number of hydrogen-bond acceptors (Lipinski definition) is 4. The number of rotatable bonds is 2. The van der Waals surface area contributed by atoms with Crippen LogP contribution in [0.1, 0.15) is 0 Å². The fraction of sp³-hybridized carbons (Fsp3) is 0. The van der Waals surface area contributed by atoms with Crippen LogP contribution in [0.5, 0.6) is 5.75 Å². The van der Waals surface area contributed by atoms with Crippen LogP contribution in [0, 0.1) is 5.82 Å². The predicted molar refractivity (Wildman–Crippen MR) is 71.8 cm³/mol. The van der Waals surface area contributed by atoms with E-state index in [2.05, 4.69) is 10.1 Å². The van der Waals surface area contributed by atoms with Crippen LogP contribution < -0.4 is 0 Å². The molecular weight excluding hydrogens is 283 g/mol. The van der Waals surface area contributed by atoms with Crippen molar-refractivity contribution >= 4 is 11.6 Å². The molecule has 0 unspecified atom stereocenters. The highest BCUT2D eigenvalue weighted by Crippen LogP contribution is 2.30. The smallest absolute Gasteiger partial charge is 0.258 e. The minimum Gasteiger partial charge on any atom is -0.506 e. The van der Waals surface area contributed by atoms with Crippen LogP contribution in [0.4, 0.5) is 4.39 Å². The van der Waals surface area contributed by atoms with Crippen LogP contribution >= 0.6 is 11.6 Å². The molecule has 0 radical (unpaired) electrons. The molecular formula is C14H8ClFN2O2. The van der Waals surface area contributed by atoms with Crippen LogP contribution in [0.2, 0.25) is 5.02 Å². The lowest BCUT2D eigenvalue weighted by Gasteiger charge is -1.98. The van der Waals surface area contributed by atoms with Crippen molar-refractivity contribution in [1.29, 1.82) is 0 Å². The predicted octanol–water partition coefficient (Wildman–Crippen LogP) is 3.90. The minimum absolute atomic E-state index is 0.0377. The number of aromatic nitrogens is 2. The van der Waals surface area contributed by atoms with E-state index >= 15 is 0 Å². The number of nitrogens with zero attached hydrogens (tertiary/aromatic N) is 2. The lowest BCUT2D eigenvalue weighted by molar-refractivity contribution is 0.431. The van der Waals surface area contributed by atoms with Crippen LogP contribution in [-0.4, -0.2) is 15.2 Å². The maximum absolute atomic E-state index is 13.6. The van der Waals surface area contributed by atoms with Gasteiger partial charge in [0.15, 0.2) is 0 Å². The molecule has 0 aliphatic heterocycles. The number of phenols is 1. The third-order valence-electron chi connectivity index (χ3n) is 2.74. The summed E-state index contributed by atoms with van der Waals surface area (Å²) >= 11 is 5.81. The third kappa shape index (κ3) is 2.23. The molecule has 3 aromatic rings. The summed E-state index contributed by atoms with van der Waals surface area (Å²) in [7, 11) is 0. The van der Waals surface area contributed by atoms with Crippen molar-refractivity contribution in [1.82, 2.24) is 10.1 Å². The first-order valence-corrected chi connectivity index (χ1v) is 6.10. The average molecular weight is 291 g/mol. The van der Waals surface area contributed by atoms with Crippen molar-refractivity contribution in [3.63, 3.8) is 0 Å². The zero-order valence-corrected chi connectivity index (χ0v) is 10.8. The second-order valence-electron chi connectivity index (χ2n) is 4.07. The van der Waals surface area contributed by atoms with Crippen molar-refractivity contribution in [2.24, 2.45) is 0 Å². The Morgan fingerprint density at radius 2 is 1.95 bits per heavy atom. The molecule has 100 valence electrons. The van der Waals surface area contributed by atoms with Crippen LogP contribution in [0.3, 0.4) is 0 Å². The Kier molecular flexibility index (Phi) is 3.12. The highest BCUT2D eigenvalue weighted by Gasteiger charge is 2.14. The molecule has 1 aromatic heterocycles. The molecule has 0 amide bonds. The Bertz CT molecular complexity index is 773. The van der Waals surface area contributed by atoms with Crippen molar-refractivity contribution in [3.05, 3.63) is 53.3 Å². The number of halogens is 2. The maximum atomic E-state index is 13.6. The van der Waals surface area contributed by atoms with Gasteiger partial charge in [-0.1, -0.05) is 28.9 Å². The number of phenolic OH excluding ortho intramolecular Hbond substituents is 1. The largest absolute Gasteiger partial charge is 0.506 e.